The van der Waals surface area contributed by atoms with Gasteiger partial charge < -0.3 is 0 Å². The summed E-state index contributed by atoms with van der Waals surface area (Å²) in [4.78, 5) is 25.8. The molecule has 0 aliphatic heterocycles. The molecule has 172 valence electrons. The number of carbonyl (C=O) groups excluding carboxylic acids is 2. The summed E-state index contributed by atoms with van der Waals surface area (Å²) < 4.78 is 26.8. The Morgan fingerprint density at radius 3 is 1.85 bits per heavy atom. The van der Waals surface area contributed by atoms with Gasteiger partial charge in [-0.1, -0.05) is 80.6 Å². The lowest BCUT2D eigenvalue weighted by Crippen LogP contribution is -2.44. The van der Waals surface area contributed by atoms with E-state index in [1.54, 1.807) is 13.8 Å². The molecule has 0 fully saturated rings. The Morgan fingerprint density at radius 1 is 0.788 bits per heavy atom. The second kappa shape index (κ2) is 10.9. The summed E-state index contributed by atoms with van der Waals surface area (Å²) in [6.45, 7) is 4.16. The standard InChI is InChI=1S/C25H27N3O4S/c1-3-28(4-2)33(31,32)22-17-11-16-21(18-22)24(29)26-27-25(30)23(19-12-7-5-8-13-19)20-14-9-6-10-15-20/h5-18,23H,3-4H2,1-2H3,(H,26,29)(H,27,30). The number of nitrogens with zero attached hydrogens (tertiary/aromatic N) is 1. The van der Waals surface area contributed by atoms with Crippen LogP contribution < -0.4 is 10.9 Å². The smallest absolute Gasteiger partial charge is 0.269 e. The van der Waals surface area contributed by atoms with E-state index in [1.807, 2.05) is 60.7 Å². The zero-order valence-corrected chi connectivity index (χ0v) is 19.4. The third kappa shape index (κ3) is 5.66. The second-order valence-electron chi connectivity index (χ2n) is 7.31. The van der Waals surface area contributed by atoms with Gasteiger partial charge in [0.05, 0.1) is 10.8 Å². The van der Waals surface area contributed by atoms with Crippen molar-refractivity contribution in [3.05, 3.63) is 102 Å². The summed E-state index contributed by atoms with van der Waals surface area (Å²) in [5.74, 6) is -1.64. The van der Waals surface area contributed by atoms with Gasteiger partial charge in [-0.3, -0.25) is 20.4 Å². The number of amides is 2. The minimum Gasteiger partial charge on any atom is -0.272 e. The van der Waals surface area contributed by atoms with Crippen molar-refractivity contribution in [2.24, 2.45) is 0 Å². The van der Waals surface area contributed by atoms with Crippen molar-refractivity contribution in [1.82, 2.24) is 15.2 Å². The number of hydrogen-bond donors (Lipinski definition) is 2. The van der Waals surface area contributed by atoms with Crippen LogP contribution in [0.15, 0.2) is 89.8 Å². The monoisotopic (exact) mass is 465 g/mol. The summed E-state index contributed by atoms with van der Waals surface area (Å²) in [6.07, 6.45) is 0. The van der Waals surface area contributed by atoms with Crippen LogP contribution in [0.3, 0.4) is 0 Å². The Hall–Kier alpha value is -3.49. The topological polar surface area (TPSA) is 95.6 Å². The summed E-state index contributed by atoms with van der Waals surface area (Å²) in [7, 11) is -3.71. The van der Waals surface area contributed by atoms with Gasteiger partial charge in [0, 0.05) is 18.7 Å². The Bertz CT molecular complexity index is 1160. The molecule has 0 spiro atoms. The number of sulfonamides is 1. The molecule has 0 saturated carbocycles. The molecule has 2 amide bonds. The largest absolute Gasteiger partial charge is 0.272 e. The molecule has 0 atom stereocenters. The molecule has 8 heteroatoms. The van der Waals surface area contributed by atoms with Crippen LogP contribution in [0.2, 0.25) is 0 Å². The molecule has 3 aromatic rings. The first-order valence-electron chi connectivity index (χ1n) is 10.7. The summed E-state index contributed by atoms with van der Waals surface area (Å²) in [5, 5.41) is 0. The lowest BCUT2D eigenvalue weighted by molar-refractivity contribution is -0.122. The number of nitrogens with one attached hydrogen (secondary N) is 2. The first-order chi connectivity index (χ1) is 15.9. The predicted octanol–water partition coefficient (Wildman–Crippen LogP) is 3.31. The van der Waals surface area contributed by atoms with E-state index in [0.29, 0.717) is 13.1 Å². The van der Waals surface area contributed by atoms with E-state index in [2.05, 4.69) is 10.9 Å². The summed E-state index contributed by atoms with van der Waals surface area (Å²) >= 11 is 0. The van der Waals surface area contributed by atoms with Gasteiger partial charge in [-0.25, -0.2) is 8.42 Å². The van der Waals surface area contributed by atoms with Gasteiger partial charge in [0.25, 0.3) is 5.91 Å². The van der Waals surface area contributed by atoms with Crippen LogP contribution in [0.5, 0.6) is 0 Å². The van der Waals surface area contributed by atoms with Crippen LogP contribution in [-0.2, 0) is 14.8 Å². The van der Waals surface area contributed by atoms with E-state index in [9.17, 15) is 18.0 Å². The van der Waals surface area contributed by atoms with Crippen molar-refractivity contribution in [2.75, 3.05) is 13.1 Å². The molecule has 0 radical (unpaired) electrons. The Morgan fingerprint density at radius 2 is 1.33 bits per heavy atom. The molecule has 0 aliphatic rings. The first kappa shape index (κ1) is 24.2. The molecule has 7 nitrogen and oxygen atoms in total. The van der Waals surface area contributed by atoms with Gasteiger partial charge in [-0.15, -0.1) is 0 Å². The van der Waals surface area contributed by atoms with Crippen LogP contribution in [0.4, 0.5) is 0 Å². The lowest BCUT2D eigenvalue weighted by Gasteiger charge is -2.19. The van der Waals surface area contributed by atoms with E-state index in [1.165, 1.54) is 28.6 Å². The van der Waals surface area contributed by atoms with Crippen LogP contribution in [0, 0.1) is 0 Å². The van der Waals surface area contributed by atoms with Gasteiger partial charge in [0.1, 0.15) is 0 Å². The SMILES string of the molecule is CCN(CC)S(=O)(=O)c1cccc(C(=O)NNC(=O)C(c2ccccc2)c2ccccc2)c1. The number of benzene rings is 3. The fourth-order valence-electron chi connectivity index (χ4n) is 3.56. The highest BCUT2D eigenvalue weighted by molar-refractivity contribution is 7.89. The van der Waals surface area contributed by atoms with Gasteiger partial charge in [0.15, 0.2) is 0 Å². The van der Waals surface area contributed by atoms with Crippen molar-refractivity contribution >= 4 is 21.8 Å². The molecule has 0 aliphatic carbocycles. The number of hydrogen-bond acceptors (Lipinski definition) is 4. The highest BCUT2D eigenvalue weighted by Crippen LogP contribution is 2.24. The molecule has 33 heavy (non-hydrogen) atoms. The van der Waals surface area contributed by atoms with E-state index in [4.69, 9.17) is 0 Å². The zero-order chi connectivity index (χ0) is 23.8. The van der Waals surface area contributed by atoms with E-state index in [-0.39, 0.29) is 10.5 Å². The van der Waals surface area contributed by atoms with Gasteiger partial charge >= 0.3 is 0 Å². The van der Waals surface area contributed by atoms with Crippen molar-refractivity contribution in [1.29, 1.82) is 0 Å². The molecule has 3 rings (SSSR count). The van der Waals surface area contributed by atoms with Gasteiger partial charge in [-0.05, 0) is 29.3 Å². The third-order valence-electron chi connectivity index (χ3n) is 5.27. The maximum atomic E-state index is 13.0. The molecular weight excluding hydrogens is 438 g/mol. The quantitative estimate of drug-likeness (QED) is 0.499. The molecule has 3 aromatic carbocycles. The van der Waals surface area contributed by atoms with E-state index in [0.717, 1.165) is 11.1 Å². The van der Waals surface area contributed by atoms with Gasteiger partial charge in [0.2, 0.25) is 15.9 Å². The highest BCUT2D eigenvalue weighted by atomic mass is 32.2. The fourth-order valence-corrected chi connectivity index (χ4v) is 5.06. The van der Waals surface area contributed by atoms with Crippen molar-refractivity contribution in [3.8, 4) is 0 Å². The zero-order valence-electron chi connectivity index (χ0n) is 18.6. The average Bonchev–Trinajstić information content (AvgIpc) is 2.84. The predicted molar refractivity (Wildman–Crippen MR) is 127 cm³/mol. The maximum Gasteiger partial charge on any atom is 0.269 e. The highest BCUT2D eigenvalue weighted by Gasteiger charge is 2.24. The Labute approximate surface area is 194 Å². The normalized spacial score (nSPS) is 11.4. The maximum absolute atomic E-state index is 13.0. The minimum absolute atomic E-state index is 0.0247. The number of rotatable bonds is 8. The average molecular weight is 466 g/mol. The second-order valence-corrected chi connectivity index (χ2v) is 9.25. The first-order valence-corrected chi connectivity index (χ1v) is 12.1. The van der Waals surface area contributed by atoms with Crippen LogP contribution in [-0.4, -0.2) is 37.6 Å². The van der Waals surface area contributed by atoms with E-state index < -0.39 is 27.8 Å². The number of carbonyl (C=O) groups is 2. The molecule has 0 saturated heterocycles. The van der Waals surface area contributed by atoms with Crippen LogP contribution in [0.25, 0.3) is 0 Å². The lowest BCUT2D eigenvalue weighted by atomic mass is 9.91. The molecule has 0 heterocycles. The van der Waals surface area contributed by atoms with Crippen LogP contribution >= 0.6 is 0 Å². The molecule has 0 unspecified atom stereocenters. The summed E-state index contributed by atoms with van der Waals surface area (Å²) in [6, 6.07) is 24.3. The van der Waals surface area contributed by atoms with Crippen molar-refractivity contribution < 1.29 is 18.0 Å². The number of hydrazine groups is 1. The van der Waals surface area contributed by atoms with E-state index >= 15 is 0 Å². The Balaban J connectivity index is 1.78. The van der Waals surface area contributed by atoms with Crippen molar-refractivity contribution in [3.63, 3.8) is 0 Å². The molecular formula is C25H27N3O4S. The fraction of sp³-hybridized carbons (Fsp3) is 0.200. The summed E-state index contributed by atoms with van der Waals surface area (Å²) in [5.41, 5.74) is 6.58. The minimum atomic E-state index is -3.71. The Kier molecular flexibility index (Phi) is 7.97. The van der Waals surface area contributed by atoms with Crippen LogP contribution in [0.1, 0.15) is 41.3 Å². The third-order valence-corrected chi connectivity index (χ3v) is 7.31. The van der Waals surface area contributed by atoms with Crippen molar-refractivity contribution in [2.45, 2.75) is 24.7 Å². The molecule has 0 aromatic heterocycles. The molecule has 0 bridgehead atoms. The van der Waals surface area contributed by atoms with Gasteiger partial charge in [-0.2, -0.15) is 4.31 Å². The molecule has 2 N–H and O–H groups in total.